The third-order valence-corrected chi connectivity index (χ3v) is 3.02. The van der Waals surface area contributed by atoms with Crippen molar-refractivity contribution < 1.29 is 19.5 Å². The topological polar surface area (TPSA) is 117 Å². The first kappa shape index (κ1) is 14.7. The summed E-state index contributed by atoms with van der Waals surface area (Å²) in [5, 5.41) is 16.6. The van der Waals surface area contributed by atoms with Crippen molar-refractivity contribution in [3.05, 3.63) is 35.1 Å². The van der Waals surface area contributed by atoms with Crippen LogP contribution in [0.25, 0.3) is 0 Å². The van der Waals surface area contributed by atoms with Gasteiger partial charge in [-0.05, 0) is 12.1 Å². The Hall–Kier alpha value is -2.68. The number of oxime groups is 1. The Morgan fingerprint density at radius 2 is 2.43 bits per heavy atom. The van der Waals surface area contributed by atoms with Crippen LogP contribution in [0.1, 0.15) is 11.4 Å². The second kappa shape index (κ2) is 7.20. The van der Waals surface area contributed by atoms with Crippen LogP contribution in [0.3, 0.4) is 0 Å². The summed E-state index contributed by atoms with van der Waals surface area (Å²) >= 11 is 1.15. The lowest BCUT2D eigenvalue weighted by atomic mass is 10.3. The van der Waals surface area contributed by atoms with Gasteiger partial charge >= 0.3 is 5.97 Å². The first-order chi connectivity index (χ1) is 10.1. The summed E-state index contributed by atoms with van der Waals surface area (Å²) in [6.07, 6.45) is 3.01. The minimum absolute atomic E-state index is 0.177. The molecule has 3 N–H and O–H groups in total. The number of aromatic amines is 1. The highest BCUT2D eigenvalue weighted by Gasteiger charge is 2.09. The fraction of sp³-hybridized carbons (Fsp3) is 0.167. The molecule has 0 saturated carbocycles. The highest BCUT2D eigenvalue weighted by Crippen LogP contribution is 2.15. The molecule has 9 heteroatoms. The van der Waals surface area contributed by atoms with Gasteiger partial charge in [-0.25, -0.2) is 4.98 Å². The van der Waals surface area contributed by atoms with Crippen molar-refractivity contribution >= 4 is 34.6 Å². The molecule has 1 amide bonds. The SMILES string of the molecule is O=C(O)Cc1csc(NC(=O)CO/N=C/c2ccc[nH]2)n1. The number of hydrogen-bond acceptors (Lipinski definition) is 6. The molecule has 0 saturated heterocycles. The number of rotatable bonds is 7. The van der Waals surface area contributed by atoms with Crippen LogP contribution < -0.4 is 5.32 Å². The average molecular weight is 308 g/mol. The van der Waals surface area contributed by atoms with Gasteiger partial charge in [-0.3, -0.25) is 14.9 Å². The Kier molecular flexibility index (Phi) is 5.04. The summed E-state index contributed by atoms with van der Waals surface area (Å²) < 4.78 is 0. The first-order valence-electron chi connectivity index (χ1n) is 5.88. The van der Waals surface area contributed by atoms with E-state index in [1.165, 1.54) is 6.21 Å². The molecule has 110 valence electrons. The maximum atomic E-state index is 11.5. The maximum Gasteiger partial charge on any atom is 0.309 e. The number of carboxylic acid groups (broad SMARTS) is 1. The van der Waals surface area contributed by atoms with Crippen molar-refractivity contribution in [3.63, 3.8) is 0 Å². The standard InChI is InChI=1S/C12H12N4O4S/c17-10(6-20-14-5-8-2-1-3-13-8)16-12-15-9(7-21-12)4-11(18)19/h1-3,5,7,13H,4,6H2,(H,18,19)(H,15,16,17)/b14-5+. The van der Waals surface area contributed by atoms with Crippen molar-refractivity contribution in [1.29, 1.82) is 0 Å². The van der Waals surface area contributed by atoms with E-state index in [-0.39, 0.29) is 13.0 Å². The molecule has 8 nitrogen and oxygen atoms in total. The molecule has 0 fully saturated rings. The predicted molar refractivity (Wildman–Crippen MR) is 76.4 cm³/mol. The number of carbonyl (C=O) groups is 2. The van der Waals surface area contributed by atoms with E-state index in [1.807, 2.05) is 6.07 Å². The Balaban J connectivity index is 1.74. The number of hydrogen-bond donors (Lipinski definition) is 3. The summed E-state index contributed by atoms with van der Waals surface area (Å²) in [5.74, 6) is -1.39. The second-order valence-corrected chi connectivity index (χ2v) is 4.75. The van der Waals surface area contributed by atoms with Crippen LogP contribution in [-0.4, -0.2) is 39.8 Å². The average Bonchev–Trinajstić information content (AvgIpc) is 3.06. The molecular weight excluding hydrogens is 296 g/mol. The lowest BCUT2D eigenvalue weighted by Gasteiger charge is -1.99. The number of nitrogens with zero attached hydrogens (tertiary/aromatic N) is 2. The van der Waals surface area contributed by atoms with Gasteiger partial charge in [-0.15, -0.1) is 11.3 Å². The van der Waals surface area contributed by atoms with Crippen LogP contribution in [0.5, 0.6) is 0 Å². The number of carbonyl (C=O) groups excluding carboxylic acids is 1. The number of aliphatic carboxylic acids is 1. The van der Waals surface area contributed by atoms with Gasteiger partial charge in [0.25, 0.3) is 5.91 Å². The van der Waals surface area contributed by atoms with Gasteiger partial charge in [-0.2, -0.15) is 0 Å². The van der Waals surface area contributed by atoms with Crippen LogP contribution >= 0.6 is 11.3 Å². The number of thiazole rings is 1. The van der Waals surface area contributed by atoms with Crippen molar-refractivity contribution in [3.8, 4) is 0 Å². The second-order valence-electron chi connectivity index (χ2n) is 3.90. The molecule has 0 radical (unpaired) electrons. The van der Waals surface area contributed by atoms with Gasteiger partial charge in [0.1, 0.15) is 0 Å². The highest BCUT2D eigenvalue weighted by atomic mass is 32.1. The van der Waals surface area contributed by atoms with Gasteiger partial charge in [-0.1, -0.05) is 5.16 Å². The number of nitrogens with one attached hydrogen (secondary N) is 2. The molecule has 2 rings (SSSR count). The molecular formula is C12H12N4O4S. The Bertz CT molecular complexity index is 635. The zero-order valence-corrected chi connectivity index (χ0v) is 11.6. The van der Waals surface area contributed by atoms with Gasteiger partial charge in [0.15, 0.2) is 11.7 Å². The molecule has 2 heterocycles. The zero-order chi connectivity index (χ0) is 15.1. The van der Waals surface area contributed by atoms with Crippen LogP contribution in [-0.2, 0) is 20.8 Å². The Labute approximate surface area is 123 Å². The lowest BCUT2D eigenvalue weighted by Crippen LogP contribution is -2.17. The lowest BCUT2D eigenvalue weighted by molar-refractivity contribution is -0.136. The number of anilines is 1. The van der Waals surface area contributed by atoms with Gasteiger partial charge < -0.3 is 14.9 Å². The largest absolute Gasteiger partial charge is 0.481 e. The molecule has 0 unspecified atom stereocenters. The molecule has 0 spiro atoms. The fourth-order valence-electron chi connectivity index (χ4n) is 1.37. The highest BCUT2D eigenvalue weighted by molar-refractivity contribution is 7.13. The Morgan fingerprint density at radius 1 is 1.57 bits per heavy atom. The van der Waals surface area contributed by atoms with E-state index in [1.54, 1.807) is 17.6 Å². The smallest absolute Gasteiger partial charge is 0.309 e. The van der Waals surface area contributed by atoms with Gasteiger partial charge in [0.05, 0.1) is 24.0 Å². The summed E-state index contributed by atoms with van der Waals surface area (Å²) in [5.41, 5.74) is 1.15. The van der Waals surface area contributed by atoms with Gasteiger partial charge in [0.2, 0.25) is 0 Å². The number of aromatic nitrogens is 2. The van der Waals surface area contributed by atoms with E-state index in [0.29, 0.717) is 10.8 Å². The molecule has 0 aliphatic rings. The van der Waals surface area contributed by atoms with Gasteiger partial charge in [0, 0.05) is 11.6 Å². The molecule has 0 aliphatic carbocycles. The zero-order valence-electron chi connectivity index (χ0n) is 10.8. The van der Waals surface area contributed by atoms with E-state index in [9.17, 15) is 9.59 Å². The summed E-state index contributed by atoms with van der Waals surface area (Å²) in [4.78, 5) is 33.7. The monoisotopic (exact) mass is 308 g/mol. The van der Waals surface area contributed by atoms with E-state index in [2.05, 4.69) is 20.4 Å². The summed E-state index contributed by atoms with van der Waals surface area (Å²) in [6.45, 7) is -0.259. The van der Waals surface area contributed by atoms with Crippen molar-refractivity contribution in [1.82, 2.24) is 9.97 Å². The molecule has 0 bridgehead atoms. The fourth-order valence-corrected chi connectivity index (χ4v) is 2.10. The molecule has 2 aromatic rings. The van der Waals surface area contributed by atoms with E-state index in [0.717, 1.165) is 17.0 Å². The minimum Gasteiger partial charge on any atom is -0.481 e. The molecule has 0 aliphatic heterocycles. The molecule has 21 heavy (non-hydrogen) atoms. The third-order valence-electron chi connectivity index (χ3n) is 2.21. The number of carboxylic acids is 1. The first-order valence-corrected chi connectivity index (χ1v) is 6.76. The quantitative estimate of drug-likeness (QED) is 0.523. The normalized spacial score (nSPS) is 10.7. The predicted octanol–water partition coefficient (Wildman–Crippen LogP) is 1.09. The van der Waals surface area contributed by atoms with Crippen molar-refractivity contribution in [2.24, 2.45) is 5.16 Å². The van der Waals surface area contributed by atoms with Crippen molar-refractivity contribution in [2.45, 2.75) is 6.42 Å². The van der Waals surface area contributed by atoms with E-state index < -0.39 is 11.9 Å². The van der Waals surface area contributed by atoms with Crippen LogP contribution in [0.4, 0.5) is 5.13 Å². The maximum absolute atomic E-state index is 11.5. The summed E-state index contributed by atoms with van der Waals surface area (Å²) in [6, 6.07) is 3.61. The molecule has 0 atom stereocenters. The molecule has 2 aromatic heterocycles. The van der Waals surface area contributed by atoms with Crippen LogP contribution in [0, 0.1) is 0 Å². The number of amides is 1. The third kappa shape index (κ3) is 5.07. The van der Waals surface area contributed by atoms with Crippen LogP contribution in [0.2, 0.25) is 0 Å². The van der Waals surface area contributed by atoms with Crippen LogP contribution in [0.15, 0.2) is 28.9 Å². The van der Waals surface area contributed by atoms with E-state index in [4.69, 9.17) is 9.94 Å². The summed E-state index contributed by atoms with van der Waals surface area (Å²) in [7, 11) is 0. The molecule has 0 aromatic carbocycles. The Morgan fingerprint density at radius 3 is 3.14 bits per heavy atom. The minimum atomic E-state index is -0.972. The van der Waals surface area contributed by atoms with Crippen molar-refractivity contribution in [2.75, 3.05) is 11.9 Å². The number of H-pyrrole nitrogens is 1. The van der Waals surface area contributed by atoms with E-state index >= 15 is 0 Å².